The molecule has 2 N–H and O–H groups in total. The largest absolute Gasteiger partial charge is 0.337 e. The molecule has 2 amide bonds. The molecule has 2 rings (SSSR count). The van der Waals surface area contributed by atoms with Gasteiger partial charge in [-0.3, -0.25) is 0 Å². The summed E-state index contributed by atoms with van der Waals surface area (Å²) in [6, 6.07) is 0.455. The predicted molar refractivity (Wildman–Crippen MR) is 64.3 cm³/mol. The highest BCUT2D eigenvalue weighted by Gasteiger charge is 2.41. The number of rotatable bonds is 4. The van der Waals surface area contributed by atoms with Crippen molar-refractivity contribution in [1.29, 1.82) is 0 Å². The summed E-state index contributed by atoms with van der Waals surface area (Å²) in [5.41, 5.74) is 0. The number of hydrogen-bond donors (Lipinski definition) is 2. The molecule has 3 nitrogen and oxygen atoms in total. The smallest absolute Gasteiger partial charge is 0.315 e. The first kappa shape index (κ1) is 11.1. The highest BCUT2D eigenvalue weighted by Crippen LogP contribution is 2.46. The van der Waals surface area contributed by atoms with E-state index in [1.807, 2.05) is 11.8 Å². The van der Waals surface area contributed by atoms with Crippen LogP contribution in [0.4, 0.5) is 4.79 Å². The van der Waals surface area contributed by atoms with E-state index in [-0.39, 0.29) is 6.03 Å². The predicted octanol–water partition coefficient (Wildman–Crippen LogP) is 2.12. The third-order valence-electron chi connectivity index (χ3n) is 3.50. The van der Waals surface area contributed by atoms with Gasteiger partial charge in [0, 0.05) is 17.3 Å². The average Bonchev–Trinajstić information content (AvgIpc) is 2.86. The van der Waals surface area contributed by atoms with Crippen LogP contribution < -0.4 is 10.6 Å². The lowest BCUT2D eigenvalue weighted by Gasteiger charge is -2.16. The second kappa shape index (κ2) is 4.64. The van der Waals surface area contributed by atoms with Crippen LogP contribution in [0.3, 0.4) is 0 Å². The molecule has 0 spiro atoms. The van der Waals surface area contributed by atoms with E-state index in [0.717, 1.165) is 19.4 Å². The van der Waals surface area contributed by atoms with E-state index in [9.17, 15) is 4.79 Å². The monoisotopic (exact) mass is 228 g/mol. The van der Waals surface area contributed by atoms with E-state index in [0.29, 0.717) is 10.8 Å². The minimum atomic E-state index is 0.0298. The summed E-state index contributed by atoms with van der Waals surface area (Å²) < 4.78 is 0.368. The quantitative estimate of drug-likeness (QED) is 0.774. The third-order valence-corrected chi connectivity index (χ3v) is 4.92. The zero-order chi connectivity index (χ0) is 10.7. The van der Waals surface area contributed by atoms with Crippen molar-refractivity contribution in [2.45, 2.75) is 49.3 Å². The van der Waals surface area contributed by atoms with Crippen LogP contribution in [0.25, 0.3) is 0 Å². The number of amides is 2. The highest BCUT2D eigenvalue weighted by atomic mass is 32.2. The summed E-state index contributed by atoms with van der Waals surface area (Å²) in [6.07, 6.45) is 9.46. The Balaban J connectivity index is 1.64. The normalized spacial score (nSPS) is 23.8. The van der Waals surface area contributed by atoms with E-state index in [1.165, 1.54) is 25.7 Å². The molecule has 0 radical (unpaired) electrons. The van der Waals surface area contributed by atoms with Gasteiger partial charge in [0.1, 0.15) is 0 Å². The van der Waals surface area contributed by atoms with Crippen LogP contribution in [-0.4, -0.2) is 29.6 Å². The van der Waals surface area contributed by atoms with Crippen molar-refractivity contribution in [2.24, 2.45) is 0 Å². The average molecular weight is 228 g/mol. The molecule has 0 atom stereocenters. The minimum absolute atomic E-state index is 0.0298. The maximum Gasteiger partial charge on any atom is 0.315 e. The Morgan fingerprint density at radius 1 is 1.40 bits per heavy atom. The van der Waals surface area contributed by atoms with Gasteiger partial charge in [-0.15, -0.1) is 0 Å². The third kappa shape index (κ3) is 3.03. The van der Waals surface area contributed by atoms with Gasteiger partial charge in [0.2, 0.25) is 0 Å². The van der Waals surface area contributed by atoms with Crippen LogP contribution in [0.2, 0.25) is 0 Å². The van der Waals surface area contributed by atoms with Crippen molar-refractivity contribution in [3.8, 4) is 0 Å². The molecular weight excluding hydrogens is 208 g/mol. The van der Waals surface area contributed by atoms with Gasteiger partial charge in [0.25, 0.3) is 0 Å². The maximum atomic E-state index is 11.6. The molecule has 4 heteroatoms. The lowest BCUT2D eigenvalue weighted by Crippen LogP contribution is -2.43. The van der Waals surface area contributed by atoms with Crippen molar-refractivity contribution < 1.29 is 4.79 Å². The first-order valence-electron chi connectivity index (χ1n) is 5.84. The van der Waals surface area contributed by atoms with Gasteiger partial charge < -0.3 is 10.6 Å². The number of nitrogens with one attached hydrogen (secondary N) is 2. The summed E-state index contributed by atoms with van der Waals surface area (Å²) in [4.78, 5) is 11.6. The zero-order valence-corrected chi connectivity index (χ0v) is 10.2. The molecule has 0 aromatic heterocycles. The van der Waals surface area contributed by atoms with Crippen molar-refractivity contribution in [1.82, 2.24) is 10.6 Å². The van der Waals surface area contributed by atoms with Crippen LogP contribution in [0, 0.1) is 0 Å². The van der Waals surface area contributed by atoms with E-state index in [2.05, 4.69) is 16.9 Å². The molecule has 0 aliphatic heterocycles. The standard InChI is InChI=1S/C11H20N2OS/c1-15-11(6-7-11)8-12-10(14)13-9-4-2-3-5-9/h9H,2-8H2,1H3,(H2,12,13,14). The summed E-state index contributed by atoms with van der Waals surface area (Å²) >= 11 is 1.88. The SMILES string of the molecule is CSC1(CNC(=O)NC2CCCC2)CC1. The van der Waals surface area contributed by atoms with Crippen molar-refractivity contribution >= 4 is 17.8 Å². The molecule has 2 aliphatic carbocycles. The molecule has 0 aromatic rings. The lowest BCUT2D eigenvalue weighted by molar-refractivity contribution is 0.237. The van der Waals surface area contributed by atoms with Gasteiger partial charge in [0.15, 0.2) is 0 Å². The van der Waals surface area contributed by atoms with Crippen molar-refractivity contribution in [2.75, 3.05) is 12.8 Å². The maximum absolute atomic E-state index is 11.6. The van der Waals surface area contributed by atoms with E-state index >= 15 is 0 Å². The van der Waals surface area contributed by atoms with Crippen LogP contribution in [0.15, 0.2) is 0 Å². The molecule has 2 saturated carbocycles. The molecular formula is C11H20N2OS. The second-order valence-electron chi connectivity index (χ2n) is 4.70. The fraction of sp³-hybridized carbons (Fsp3) is 0.909. The number of thioether (sulfide) groups is 1. The van der Waals surface area contributed by atoms with Crippen LogP contribution in [0.5, 0.6) is 0 Å². The first-order valence-corrected chi connectivity index (χ1v) is 7.06. The van der Waals surface area contributed by atoms with Crippen LogP contribution >= 0.6 is 11.8 Å². The molecule has 86 valence electrons. The second-order valence-corrected chi connectivity index (χ2v) is 5.97. The number of carbonyl (C=O) groups excluding carboxylic acids is 1. The Labute approximate surface area is 95.8 Å². The Kier molecular flexibility index (Phi) is 3.44. The molecule has 0 heterocycles. The minimum Gasteiger partial charge on any atom is -0.337 e. The molecule has 0 unspecified atom stereocenters. The van der Waals surface area contributed by atoms with Crippen LogP contribution in [-0.2, 0) is 0 Å². The topological polar surface area (TPSA) is 41.1 Å². The Hall–Kier alpha value is -0.380. The van der Waals surface area contributed by atoms with E-state index < -0.39 is 0 Å². The van der Waals surface area contributed by atoms with Crippen molar-refractivity contribution in [3.05, 3.63) is 0 Å². The highest BCUT2D eigenvalue weighted by molar-refractivity contribution is 8.00. The summed E-state index contributed by atoms with van der Waals surface area (Å²) in [7, 11) is 0. The number of urea groups is 1. The fourth-order valence-electron chi connectivity index (χ4n) is 2.14. The van der Waals surface area contributed by atoms with Crippen LogP contribution in [0.1, 0.15) is 38.5 Å². The van der Waals surface area contributed by atoms with Gasteiger partial charge in [-0.2, -0.15) is 11.8 Å². The summed E-state index contributed by atoms with van der Waals surface area (Å²) in [6.45, 7) is 0.826. The van der Waals surface area contributed by atoms with Crippen molar-refractivity contribution in [3.63, 3.8) is 0 Å². The molecule has 15 heavy (non-hydrogen) atoms. The lowest BCUT2D eigenvalue weighted by atomic mass is 10.2. The Morgan fingerprint density at radius 2 is 2.07 bits per heavy atom. The van der Waals surface area contributed by atoms with Gasteiger partial charge in [0.05, 0.1) is 0 Å². The van der Waals surface area contributed by atoms with E-state index in [4.69, 9.17) is 0 Å². The summed E-state index contributed by atoms with van der Waals surface area (Å²) in [5, 5.41) is 6.04. The molecule has 0 bridgehead atoms. The van der Waals surface area contributed by atoms with E-state index in [1.54, 1.807) is 0 Å². The molecule has 2 aliphatic rings. The van der Waals surface area contributed by atoms with Gasteiger partial charge >= 0.3 is 6.03 Å². The van der Waals surface area contributed by atoms with Gasteiger partial charge in [-0.1, -0.05) is 12.8 Å². The summed E-state index contributed by atoms with van der Waals surface area (Å²) in [5.74, 6) is 0. The molecule has 2 fully saturated rings. The fourth-order valence-corrected chi connectivity index (χ4v) is 2.87. The van der Waals surface area contributed by atoms with Gasteiger partial charge in [-0.25, -0.2) is 4.79 Å². The van der Waals surface area contributed by atoms with Gasteiger partial charge in [-0.05, 0) is 31.9 Å². The Bertz CT molecular complexity index is 235. The zero-order valence-electron chi connectivity index (χ0n) is 9.34. The Morgan fingerprint density at radius 3 is 2.60 bits per heavy atom. The number of hydrogen-bond acceptors (Lipinski definition) is 2. The first-order chi connectivity index (χ1) is 7.24. The molecule has 0 saturated heterocycles. The molecule has 0 aromatic carbocycles. The number of carbonyl (C=O) groups is 1.